The highest BCUT2D eigenvalue weighted by Crippen LogP contribution is 2.22. The van der Waals surface area contributed by atoms with Crippen LogP contribution in [0.2, 0.25) is 0 Å². The molecule has 0 aliphatic carbocycles. The molecule has 2 nitrogen and oxygen atoms in total. The van der Waals surface area contributed by atoms with Gasteiger partial charge in [-0.1, -0.05) is 15.9 Å². The van der Waals surface area contributed by atoms with Crippen molar-refractivity contribution < 1.29 is 0 Å². The van der Waals surface area contributed by atoms with Crippen molar-refractivity contribution in [1.82, 2.24) is 4.98 Å². The SMILES string of the molecule is Cc1cc(Br)cc(Nc2ccc(Br)cn2)c1. The van der Waals surface area contributed by atoms with Crippen LogP contribution in [0.4, 0.5) is 11.5 Å². The third kappa shape index (κ3) is 3.06. The number of anilines is 2. The van der Waals surface area contributed by atoms with Gasteiger partial charge in [0.25, 0.3) is 0 Å². The third-order valence-electron chi connectivity index (χ3n) is 2.04. The first kappa shape index (κ1) is 11.6. The molecule has 2 rings (SSSR count). The van der Waals surface area contributed by atoms with Gasteiger partial charge in [0.15, 0.2) is 0 Å². The summed E-state index contributed by atoms with van der Waals surface area (Å²) in [6.45, 7) is 2.06. The van der Waals surface area contributed by atoms with E-state index in [1.807, 2.05) is 18.2 Å². The highest BCUT2D eigenvalue weighted by molar-refractivity contribution is 9.10. The van der Waals surface area contributed by atoms with E-state index in [0.717, 1.165) is 20.5 Å². The van der Waals surface area contributed by atoms with E-state index in [-0.39, 0.29) is 0 Å². The molecule has 0 aliphatic heterocycles. The fraction of sp³-hybridized carbons (Fsp3) is 0.0833. The second-order valence-electron chi connectivity index (χ2n) is 3.50. The zero-order chi connectivity index (χ0) is 11.5. The summed E-state index contributed by atoms with van der Waals surface area (Å²) in [5, 5.41) is 3.25. The highest BCUT2D eigenvalue weighted by atomic mass is 79.9. The minimum Gasteiger partial charge on any atom is -0.340 e. The Bertz CT molecular complexity index is 475. The predicted molar refractivity (Wildman–Crippen MR) is 74.1 cm³/mol. The van der Waals surface area contributed by atoms with Crippen LogP contribution in [0.15, 0.2) is 45.5 Å². The third-order valence-corrected chi connectivity index (χ3v) is 2.97. The predicted octanol–water partition coefficient (Wildman–Crippen LogP) is 4.66. The molecule has 0 fully saturated rings. The lowest BCUT2D eigenvalue weighted by Crippen LogP contribution is -1.93. The number of hydrogen-bond donors (Lipinski definition) is 1. The summed E-state index contributed by atoms with van der Waals surface area (Å²) in [5.41, 5.74) is 2.23. The smallest absolute Gasteiger partial charge is 0.130 e. The van der Waals surface area contributed by atoms with Crippen molar-refractivity contribution in [3.05, 3.63) is 51.0 Å². The molecule has 0 saturated heterocycles. The molecule has 0 spiro atoms. The molecule has 0 radical (unpaired) electrons. The van der Waals surface area contributed by atoms with Gasteiger partial charge in [-0.25, -0.2) is 4.98 Å². The van der Waals surface area contributed by atoms with Gasteiger partial charge in [-0.05, 0) is 58.7 Å². The molecule has 4 heteroatoms. The molecule has 1 aromatic heterocycles. The number of hydrogen-bond acceptors (Lipinski definition) is 2. The fourth-order valence-corrected chi connectivity index (χ4v) is 2.25. The van der Waals surface area contributed by atoms with Crippen molar-refractivity contribution in [3.63, 3.8) is 0 Å². The maximum atomic E-state index is 4.26. The van der Waals surface area contributed by atoms with Gasteiger partial charge in [-0.15, -0.1) is 0 Å². The van der Waals surface area contributed by atoms with Crippen LogP contribution in [0.1, 0.15) is 5.56 Å². The van der Waals surface area contributed by atoms with E-state index in [1.54, 1.807) is 6.20 Å². The molecule has 16 heavy (non-hydrogen) atoms. The first-order chi connectivity index (χ1) is 7.63. The van der Waals surface area contributed by atoms with E-state index in [1.165, 1.54) is 5.56 Å². The minimum absolute atomic E-state index is 0.834. The molecule has 0 amide bonds. The van der Waals surface area contributed by atoms with Crippen LogP contribution in [0, 0.1) is 6.92 Å². The molecule has 1 heterocycles. The topological polar surface area (TPSA) is 24.9 Å². The van der Waals surface area contributed by atoms with Gasteiger partial charge in [0, 0.05) is 20.8 Å². The van der Waals surface area contributed by atoms with Crippen LogP contribution in [0.3, 0.4) is 0 Å². The summed E-state index contributed by atoms with van der Waals surface area (Å²) in [5.74, 6) is 0.834. The normalized spacial score (nSPS) is 10.2. The van der Waals surface area contributed by atoms with E-state index >= 15 is 0 Å². The number of benzene rings is 1. The van der Waals surface area contributed by atoms with Crippen molar-refractivity contribution in [2.45, 2.75) is 6.92 Å². The van der Waals surface area contributed by atoms with Gasteiger partial charge in [0.05, 0.1) is 0 Å². The summed E-state index contributed by atoms with van der Waals surface area (Å²) in [6, 6.07) is 10.1. The second kappa shape index (κ2) is 4.97. The van der Waals surface area contributed by atoms with Crippen molar-refractivity contribution in [3.8, 4) is 0 Å². The first-order valence-electron chi connectivity index (χ1n) is 4.79. The molecular formula is C12H10Br2N2. The second-order valence-corrected chi connectivity index (χ2v) is 5.34. The number of rotatable bonds is 2. The van der Waals surface area contributed by atoms with E-state index in [4.69, 9.17) is 0 Å². The maximum absolute atomic E-state index is 4.26. The minimum atomic E-state index is 0.834. The maximum Gasteiger partial charge on any atom is 0.130 e. The zero-order valence-corrected chi connectivity index (χ0v) is 11.8. The average molecular weight is 342 g/mol. The molecule has 0 atom stereocenters. The van der Waals surface area contributed by atoms with Crippen molar-refractivity contribution in [2.24, 2.45) is 0 Å². The highest BCUT2D eigenvalue weighted by Gasteiger charge is 1.98. The van der Waals surface area contributed by atoms with E-state index in [9.17, 15) is 0 Å². The van der Waals surface area contributed by atoms with Gasteiger partial charge in [-0.3, -0.25) is 0 Å². The number of pyridine rings is 1. The van der Waals surface area contributed by atoms with Crippen LogP contribution in [0.25, 0.3) is 0 Å². The lowest BCUT2D eigenvalue weighted by molar-refractivity contribution is 1.29. The van der Waals surface area contributed by atoms with Gasteiger partial charge in [0.2, 0.25) is 0 Å². The number of aromatic nitrogens is 1. The van der Waals surface area contributed by atoms with E-state index < -0.39 is 0 Å². The first-order valence-corrected chi connectivity index (χ1v) is 6.38. The molecule has 1 aromatic carbocycles. The van der Waals surface area contributed by atoms with E-state index in [0.29, 0.717) is 0 Å². The Morgan fingerprint density at radius 1 is 1.06 bits per heavy atom. The van der Waals surface area contributed by atoms with Crippen LogP contribution < -0.4 is 5.32 Å². The Balaban J connectivity index is 2.23. The van der Waals surface area contributed by atoms with Gasteiger partial charge >= 0.3 is 0 Å². The Morgan fingerprint density at radius 3 is 2.50 bits per heavy atom. The Morgan fingerprint density at radius 2 is 1.88 bits per heavy atom. The zero-order valence-electron chi connectivity index (χ0n) is 8.67. The molecule has 0 unspecified atom stereocenters. The quantitative estimate of drug-likeness (QED) is 0.859. The lowest BCUT2D eigenvalue weighted by atomic mass is 10.2. The molecule has 0 bridgehead atoms. The van der Waals surface area contributed by atoms with Gasteiger partial charge < -0.3 is 5.32 Å². The van der Waals surface area contributed by atoms with Crippen LogP contribution in [-0.2, 0) is 0 Å². The van der Waals surface area contributed by atoms with Crippen LogP contribution in [-0.4, -0.2) is 4.98 Å². The number of halogens is 2. The summed E-state index contributed by atoms with van der Waals surface area (Å²) < 4.78 is 2.04. The Kier molecular flexibility index (Phi) is 3.61. The monoisotopic (exact) mass is 340 g/mol. The summed E-state index contributed by atoms with van der Waals surface area (Å²) in [7, 11) is 0. The van der Waals surface area contributed by atoms with E-state index in [2.05, 4.69) is 61.2 Å². The van der Waals surface area contributed by atoms with Crippen molar-refractivity contribution in [2.75, 3.05) is 5.32 Å². The Hall–Kier alpha value is -0.870. The van der Waals surface area contributed by atoms with Crippen LogP contribution in [0.5, 0.6) is 0 Å². The van der Waals surface area contributed by atoms with Gasteiger partial charge in [-0.2, -0.15) is 0 Å². The molecule has 82 valence electrons. The molecular weight excluding hydrogens is 332 g/mol. The molecule has 0 aliphatic rings. The summed E-state index contributed by atoms with van der Waals surface area (Å²) in [6.07, 6.45) is 1.77. The molecule has 2 aromatic rings. The van der Waals surface area contributed by atoms with Crippen LogP contribution >= 0.6 is 31.9 Å². The molecule has 1 N–H and O–H groups in total. The number of nitrogens with zero attached hydrogens (tertiary/aromatic N) is 1. The average Bonchev–Trinajstić information content (AvgIpc) is 2.20. The molecule has 0 saturated carbocycles. The summed E-state index contributed by atoms with van der Waals surface area (Å²) in [4.78, 5) is 4.26. The number of aryl methyl sites for hydroxylation is 1. The lowest BCUT2D eigenvalue weighted by Gasteiger charge is -2.07. The van der Waals surface area contributed by atoms with Crippen molar-refractivity contribution in [1.29, 1.82) is 0 Å². The van der Waals surface area contributed by atoms with Gasteiger partial charge in [0.1, 0.15) is 5.82 Å². The standard InChI is InChI=1S/C12H10Br2N2/c1-8-4-10(14)6-11(5-8)16-12-3-2-9(13)7-15-12/h2-7H,1H3,(H,15,16). The summed E-state index contributed by atoms with van der Waals surface area (Å²) >= 11 is 6.83. The Labute approximate surface area is 111 Å². The fourth-order valence-electron chi connectivity index (χ4n) is 1.41. The largest absolute Gasteiger partial charge is 0.340 e. The van der Waals surface area contributed by atoms with Crippen molar-refractivity contribution >= 4 is 43.4 Å². The number of nitrogens with one attached hydrogen (secondary N) is 1.